The zero-order valence-electron chi connectivity index (χ0n) is 17.6. The minimum absolute atomic E-state index is 0. The largest absolute Gasteiger partial charge is 0.497 e. The van der Waals surface area contributed by atoms with E-state index in [-0.39, 0.29) is 29.9 Å². The van der Waals surface area contributed by atoms with Crippen molar-refractivity contribution in [2.45, 2.75) is 26.2 Å². The van der Waals surface area contributed by atoms with Gasteiger partial charge in [-0.2, -0.15) is 4.98 Å². The Morgan fingerprint density at radius 2 is 1.90 bits per heavy atom. The number of hydrogen-bond acceptors (Lipinski definition) is 6. The van der Waals surface area contributed by atoms with Gasteiger partial charge in [0.2, 0.25) is 5.89 Å². The van der Waals surface area contributed by atoms with E-state index in [0.717, 1.165) is 43.7 Å². The highest BCUT2D eigenvalue weighted by molar-refractivity contribution is 14.0. The summed E-state index contributed by atoms with van der Waals surface area (Å²) in [4.78, 5) is 13.5. The zero-order chi connectivity index (χ0) is 19.9. The van der Waals surface area contributed by atoms with E-state index in [1.54, 1.807) is 7.11 Å². The van der Waals surface area contributed by atoms with Crippen molar-refractivity contribution >= 4 is 35.6 Å². The van der Waals surface area contributed by atoms with Gasteiger partial charge in [0.25, 0.3) is 0 Å². The van der Waals surface area contributed by atoms with Crippen LogP contribution in [0, 0.1) is 0 Å². The molecule has 8 nitrogen and oxygen atoms in total. The first-order chi connectivity index (χ1) is 13.6. The number of nitrogens with zero attached hydrogens (tertiary/aromatic N) is 5. The quantitative estimate of drug-likeness (QED) is 0.361. The summed E-state index contributed by atoms with van der Waals surface area (Å²) in [5.74, 6) is 3.50. The summed E-state index contributed by atoms with van der Waals surface area (Å²) in [5, 5.41) is 7.41. The van der Waals surface area contributed by atoms with E-state index < -0.39 is 0 Å². The molecule has 0 radical (unpaired) electrons. The monoisotopic (exact) mass is 514 g/mol. The molecule has 0 bridgehead atoms. The van der Waals surface area contributed by atoms with Gasteiger partial charge < -0.3 is 24.4 Å². The molecule has 0 unspecified atom stereocenters. The fourth-order valence-electron chi connectivity index (χ4n) is 3.19. The summed E-state index contributed by atoms with van der Waals surface area (Å²) in [7, 11) is 3.51. The number of anilines is 1. The van der Waals surface area contributed by atoms with Crippen LogP contribution in [0.2, 0.25) is 0 Å². The first-order valence-corrected chi connectivity index (χ1v) is 9.77. The minimum Gasteiger partial charge on any atom is -0.497 e. The molecule has 2 heterocycles. The second-order valence-corrected chi connectivity index (χ2v) is 7.10. The smallest absolute Gasteiger partial charge is 0.228 e. The van der Waals surface area contributed by atoms with Crippen molar-refractivity contribution < 1.29 is 9.26 Å². The molecule has 0 spiro atoms. The highest BCUT2D eigenvalue weighted by atomic mass is 127. The third-order valence-corrected chi connectivity index (χ3v) is 4.85. The van der Waals surface area contributed by atoms with Crippen LogP contribution in [0.5, 0.6) is 5.75 Å². The van der Waals surface area contributed by atoms with Gasteiger partial charge in [-0.05, 0) is 24.3 Å². The van der Waals surface area contributed by atoms with Crippen LogP contribution in [-0.4, -0.2) is 67.9 Å². The molecule has 0 aliphatic carbocycles. The van der Waals surface area contributed by atoms with Crippen molar-refractivity contribution in [2.75, 3.05) is 51.8 Å². The Labute approximate surface area is 189 Å². The highest BCUT2D eigenvalue weighted by Gasteiger charge is 2.20. The Balaban J connectivity index is 0.00000300. The lowest BCUT2D eigenvalue weighted by molar-refractivity contribution is 0.362. The van der Waals surface area contributed by atoms with E-state index in [0.29, 0.717) is 18.9 Å². The lowest BCUT2D eigenvalue weighted by Gasteiger charge is -2.37. The number of aliphatic imine (C=N–C) groups is 1. The molecule has 9 heteroatoms. The number of rotatable bonds is 6. The molecule has 29 heavy (non-hydrogen) atoms. The summed E-state index contributed by atoms with van der Waals surface area (Å²) >= 11 is 0. The molecule has 1 aliphatic heterocycles. The number of aromatic nitrogens is 2. The van der Waals surface area contributed by atoms with E-state index in [1.165, 1.54) is 5.69 Å². The van der Waals surface area contributed by atoms with Crippen molar-refractivity contribution in [1.29, 1.82) is 0 Å². The normalized spacial score (nSPS) is 14.7. The van der Waals surface area contributed by atoms with Gasteiger partial charge in [0.1, 0.15) is 5.75 Å². The van der Waals surface area contributed by atoms with Gasteiger partial charge in [-0.25, -0.2) is 0 Å². The van der Waals surface area contributed by atoms with Crippen LogP contribution in [0.4, 0.5) is 5.69 Å². The van der Waals surface area contributed by atoms with Crippen LogP contribution < -0.4 is 15.0 Å². The molecule has 2 aromatic rings. The molecule has 1 aromatic heterocycles. The average molecular weight is 514 g/mol. The van der Waals surface area contributed by atoms with Gasteiger partial charge in [0, 0.05) is 57.8 Å². The van der Waals surface area contributed by atoms with Crippen molar-refractivity contribution in [3.8, 4) is 5.75 Å². The Hall–Kier alpha value is -2.04. The zero-order valence-corrected chi connectivity index (χ0v) is 19.9. The Morgan fingerprint density at radius 3 is 2.45 bits per heavy atom. The van der Waals surface area contributed by atoms with Gasteiger partial charge in [-0.3, -0.25) is 4.99 Å². The van der Waals surface area contributed by atoms with Crippen LogP contribution in [0.25, 0.3) is 0 Å². The molecule has 1 aromatic carbocycles. The van der Waals surface area contributed by atoms with Gasteiger partial charge in [0.15, 0.2) is 11.8 Å². The molecule has 160 valence electrons. The molecule has 0 amide bonds. The van der Waals surface area contributed by atoms with E-state index in [2.05, 4.69) is 56.2 Å². The fraction of sp³-hybridized carbons (Fsp3) is 0.550. The van der Waals surface area contributed by atoms with Gasteiger partial charge in [0.05, 0.1) is 7.11 Å². The second-order valence-electron chi connectivity index (χ2n) is 7.10. The second kappa shape index (κ2) is 11.2. The number of ether oxygens (including phenoxy) is 1. The van der Waals surface area contributed by atoms with Crippen LogP contribution in [-0.2, 0) is 6.42 Å². The number of halogens is 1. The molecule has 1 N–H and O–H groups in total. The third kappa shape index (κ3) is 6.22. The number of hydrogen-bond donors (Lipinski definition) is 1. The highest BCUT2D eigenvalue weighted by Crippen LogP contribution is 2.20. The van der Waals surface area contributed by atoms with E-state index in [9.17, 15) is 0 Å². The predicted molar refractivity (Wildman–Crippen MR) is 126 cm³/mol. The van der Waals surface area contributed by atoms with Crippen molar-refractivity contribution in [3.05, 3.63) is 36.0 Å². The third-order valence-electron chi connectivity index (χ3n) is 4.85. The minimum atomic E-state index is 0. The number of piperazine rings is 1. The molecule has 0 saturated carbocycles. The maximum atomic E-state index is 5.30. The summed E-state index contributed by atoms with van der Waals surface area (Å²) in [5.41, 5.74) is 1.22. The van der Waals surface area contributed by atoms with E-state index in [1.807, 2.05) is 19.2 Å². The van der Waals surface area contributed by atoms with Crippen LogP contribution >= 0.6 is 24.0 Å². The molecular formula is C20H31IN6O2. The number of benzene rings is 1. The summed E-state index contributed by atoms with van der Waals surface area (Å²) < 4.78 is 10.5. The van der Waals surface area contributed by atoms with Crippen LogP contribution in [0.3, 0.4) is 0 Å². The van der Waals surface area contributed by atoms with E-state index >= 15 is 0 Å². The predicted octanol–water partition coefficient (Wildman–Crippen LogP) is 2.76. The lowest BCUT2D eigenvalue weighted by atomic mass is 10.2. The Morgan fingerprint density at radius 1 is 1.21 bits per heavy atom. The van der Waals surface area contributed by atoms with Crippen molar-refractivity contribution in [1.82, 2.24) is 20.4 Å². The van der Waals surface area contributed by atoms with Crippen molar-refractivity contribution in [3.63, 3.8) is 0 Å². The van der Waals surface area contributed by atoms with Crippen molar-refractivity contribution in [2.24, 2.45) is 4.99 Å². The van der Waals surface area contributed by atoms with Crippen LogP contribution in [0.15, 0.2) is 33.8 Å². The number of methoxy groups -OCH3 is 1. The van der Waals surface area contributed by atoms with Gasteiger partial charge in [-0.1, -0.05) is 19.0 Å². The Kier molecular flexibility index (Phi) is 8.99. The molecule has 3 rings (SSSR count). The lowest BCUT2D eigenvalue weighted by Crippen LogP contribution is -2.52. The van der Waals surface area contributed by atoms with Gasteiger partial charge >= 0.3 is 0 Å². The summed E-state index contributed by atoms with van der Waals surface area (Å²) in [6.45, 7) is 8.57. The molecule has 1 fully saturated rings. The first-order valence-electron chi connectivity index (χ1n) is 9.77. The van der Waals surface area contributed by atoms with E-state index in [4.69, 9.17) is 9.26 Å². The molecule has 1 aliphatic rings. The molecule has 1 saturated heterocycles. The van der Waals surface area contributed by atoms with Crippen LogP contribution in [0.1, 0.15) is 31.5 Å². The topological polar surface area (TPSA) is 79.0 Å². The standard InChI is InChI=1S/C20H30N6O2.HI/c1-15(2)19-23-18(28-24-19)9-10-22-20(21-3)26-13-11-25(12-14-26)16-5-7-17(27-4)8-6-16;/h5-8,15H,9-14H2,1-4H3,(H,21,22);1H. The van der Waals surface area contributed by atoms with Gasteiger partial charge in [-0.15, -0.1) is 24.0 Å². The molecule has 0 atom stereocenters. The number of guanidine groups is 1. The number of nitrogens with one attached hydrogen (secondary N) is 1. The fourth-order valence-corrected chi connectivity index (χ4v) is 3.19. The average Bonchev–Trinajstić information content (AvgIpc) is 3.21. The SMILES string of the molecule is CN=C(NCCc1nc(C(C)C)no1)N1CCN(c2ccc(OC)cc2)CC1.I. The first kappa shape index (κ1) is 23.2. The maximum Gasteiger partial charge on any atom is 0.228 e. The maximum absolute atomic E-state index is 5.30. The summed E-state index contributed by atoms with van der Waals surface area (Å²) in [6.07, 6.45) is 0.685. The molecular weight excluding hydrogens is 483 g/mol. The summed E-state index contributed by atoms with van der Waals surface area (Å²) in [6, 6.07) is 8.23. The Bertz CT molecular complexity index is 770.